The van der Waals surface area contributed by atoms with Crippen LogP contribution in [0.1, 0.15) is 16.1 Å². The molecular formula is C23H21ClN5O4S+. The fourth-order valence-electron chi connectivity index (χ4n) is 3.99. The number of anilines is 1. The maximum atomic E-state index is 13.3. The zero-order valence-electron chi connectivity index (χ0n) is 18.0. The standard InChI is InChI=1S/C23H20ClN5O4S/c24-19-7-9-20(10-8-19)34(31,32)28-13-11-27(12-14-28)29-21(23(25)33-26-29)22(30)18-6-5-16-3-1-2-4-17(16)15-18/h1-10,15H,11-14H2,(H-,25,26,30)/p+1. The highest BCUT2D eigenvalue weighted by molar-refractivity contribution is 7.89. The number of benzene rings is 3. The molecule has 0 spiro atoms. The van der Waals surface area contributed by atoms with Gasteiger partial charge in [0.15, 0.2) is 0 Å². The quantitative estimate of drug-likeness (QED) is 0.331. The van der Waals surface area contributed by atoms with Crippen molar-refractivity contribution < 1.29 is 22.5 Å². The topological polar surface area (TPSA) is 114 Å². The number of halogens is 1. The van der Waals surface area contributed by atoms with Gasteiger partial charge in [0.2, 0.25) is 15.3 Å². The van der Waals surface area contributed by atoms with Crippen LogP contribution in [-0.2, 0) is 10.0 Å². The van der Waals surface area contributed by atoms with Crippen molar-refractivity contribution in [2.45, 2.75) is 4.90 Å². The number of aromatic nitrogens is 2. The van der Waals surface area contributed by atoms with E-state index in [-0.39, 0.29) is 35.3 Å². The van der Waals surface area contributed by atoms with Crippen LogP contribution in [-0.4, -0.2) is 50.0 Å². The van der Waals surface area contributed by atoms with Crippen LogP contribution in [0.4, 0.5) is 5.88 Å². The zero-order chi connectivity index (χ0) is 23.9. The van der Waals surface area contributed by atoms with Crippen LogP contribution < -0.4 is 15.5 Å². The molecule has 0 atom stereocenters. The summed E-state index contributed by atoms with van der Waals surface area (Å²) in [6.07, 6.45) is 0. The van der Waals surface area contributed by atoms with E-state index in [1.165, 1.54) is 21.2 Å². The molecule has 3 aromatic carbocycles. The SMILES string of the molecule is Nc1on[n+](N2CCN(S(=O)(=O)c3ccc(Cl)cc3)CC2)c1C(=O)c1ccc2ccccc2c1. The summed E-state index contributed by atoms with van der Waals surface area (Å²) in [5.41, 5.74) is 6.52. The zero-order valence-corrected chi connectivity index (χ0v) is 19.5. The van der Waals surface area contributed by atoms with E-state index in [0.717, 1.165) is 10.8 Å². The van der Waals surface area contributed by atoms with Crippen molar-refractivity contribution in [1.29, 1.82) is 0 Å². The number of carbonyl (C=O) groups excluding carboxylic acids is 1. The average molecular weight is 499 g/mol. The Balaban J connectivity index is 1.37. The molecule has 11 heteroatoms. The number of hydrogen-bond donors (Lipinski definition) is 1. The van der Waals surface area contributed by atoms with Crippen LogP contribution in [0, 0.1) is 0 Å². The second kappa shape index (κ2) is 8.71. The molecule has 0 unspecified atom stereocenters. The highest BCUT2D eigenvalue weighted by atomic mass is 35.5. The van der Waals surface area contributed by atoms with Crippen molar-refractivity contribution in [3.05, 3.63) is 83.0 Å². The number of carbonyl (C=O) groups is 1. The van der Waals surface area contributed by atoms with Gasteiger partial charge in [-0.1, -0.05) is 48.0 Å². The van der Waals surface area contributed by atoms with Crippen molar-refractivity contribution in [3.63, 3.8) is 0 Å². The maximum absolute atomic E-state index is 13.3. The highest BCUT2D eigenvalue weighted by Gasteiger charge is 2.39. The van der Waals surface area contributed by atoms with Gasteiger partial charge in [0.05, 0.1) is 22.8 Å². The predicted molar refractivity (Wildman–Crippen MR) is 127 cm³/mol. The van der Waals surface area contributed by atoms with Gasteiger partial charge in [-0.2, -0.15) is 4.31 Å². The van der Waals surface area contributed by atoms with Crippen molar-refractivity contribution in [3.8, 4) is 0 Å². The molecule has 5 rings (SSSR count). The molecule has 9 nitrogen and oxygen atoms in total. The Morgan fingerprint density at radius 1 is 0.971 bits per heavy atom. The number of nitrogens with two attached hydrogens (primary N) is 1. The van der Waals surface area contributed by atoms with Gasteiger partial charge < -0.3 is 5.73 Å². The van der Waals surface area contributed by atoms with Gasteiger partial charge in [-0.15, -0.1) is 5.01 Å². The third kappa shape index (κ3) is 4.00. The van der Waals surface area contributed by atoms with E-state index in [1.807, 2.05) is 30.3 Å². The molecule has 0 aliphatic carbocycles. The van der Waals surface area contributed by atoms with E-state index in [2.05, 4.69) is 5.27 Å². The number of nitrogen functional groups attached to an aromatic ring is 1. The second-order valence-electron chi connectivity index (χ2n) is 7.88. The molecule has 34 heavy (non-hydrogen) atoms. The van der Waals surface area contributed by atoms with E-state index in [4.69, 9.17) is 21.9 Å². The Morgan fingerprint density at radius 2 is 1.65 bits per heavy atom. The highest BCUT2D eigenvalue weighted by Crippen LogP contribution is 2.21. The summed E-state index contributed by atoms with van der Waals surface area (Å²) in [4.78, 5) is 14.8. The van der Waals surface area contributed by atoms with Gasteiger partial charge in [0, 0.05) is 23.7 Å². The summed E-state index contributed by atoms with van der Waals surface area (Å²) in [5, 5.41) is 8.09. The molecule has 4 aromatic rings. The normalized spacial score (nSPS) is 15.0. The van der Waals surface area contributed by atoms with Crippen LogP contribution in [0.2, 0.25) is 5.02 Å². The third-order valence-electron chi connectivity index (χ3n) is 5.81. The molecular weight excluding hydrogens is 478 g/mol. The van der Waals surface area contributed by atoms with Crippen molar-refractivity contribution in [2.24, 2.45) is 0 Å². The largest absolute Gasteiger partial charge is 0.378 e. The number of nitrogens with zero attached hydrogens (tertiary/aromatic N) is 4. The molecule has 1 saturated heterocycles. The van der Waals surface area contributed by atoms with Crippen LogP contribution in [0.5, 0.6) is 0 Å². The Labute approximate surface area is 200 Å². The van der Waals surface area contributed by atoms with Crippen LogP contribution in [0.3, 0.4) is 0 Å². The van der Waals surface area contributed by atoms with Gasteiger partial charge >= 0.3 is 11.6 Å². The Hall–Kier alpha value is -3.47. The molecule has 0 radical (unpaired) electrons. The van der Waals surface area contributed by atoms with Gasteiger partial charge in [-0.05, 0) is 41.1 Å². The van der Waals surface area contributed by atoms with Gasteiger partial charge in [0.1, 0.15) is 0 Å². The van der Waals surface area contributed by atoms with Gasteiger partial charge in [-0.25, -0.2) is 8.42 Å². The fraction of sp³-hybridized carbons (Fsp3) is 0.174. The number of hydrogen-bond acceptors (Lipinski definition) is 7. The number of fused-ring (bicyclic) bond motifs is 1. The van der Waals surface area contributed by atoms with Crippen LogP contribution in [0.25, 0.3) is 10.8 Å². The summed E-state index contributed by atoms with van der Waals surface area (Å²) < 4.78 is 32.5. The lowest BCUT2D eigenvalue weighted by Gasteiger charge is -2.29. The molecule has 0 amide bonds. The Kier molecular flexibility index (Phi) is 5.72. The molecule has 0 bridgehead atoms. The summed E-state index contributed by atoms with van der Waals surface area (Å²) in [7, 11) is -3.67. The summed E-state index contributed by atoms with van der Waals surface area (Å²) in [5.74, 6) is -0.435. The minimum Gasteiger partial charge on any atom is -0.361 e. The van der Waals surface area contributed by atoms with Crippen molar-refractivity contribution >= 4 is 44.1 Å². The number of ketones is 1. The van der Waals surface area contributed by atoms with E-state index in [0.29, 0.717) is 23.7 Å². The molecule has 1 aromatic heterocycles. The van der Waals surface area contributed by atoms with E-state index in [9.17, 15) is 13.2 Å². The minimum atomic E-state index is -3.67. The van der Waals surface area contributed by atoms with E-state index >= 15 is 0 Å². The predicted octanol–water partition coefficient (Wildman–Crippen LogP) is 2.22. The summed E-state index contributed by atoms with van der Waals surface area (Å²) in [6.45, 7) is 0.992. The van der Waals surface area contributed by atoms with Crippen LogP contribution >= 0.6 is 11.6 Å². The molecule has 1 fully saturated rings. The first kappa shape index (κ1) is 22.3. The number of piperazine rings is 1. The van der Waals surface area contributed by atoms with Gasteiger partial charge in [0.25, 0.3) is 5.78 Å². The first-order valence-electron chi connectivity index (χ1n) is 10.6. The second-order valence-corrected chi connectivity index (χ2v) is 10.3. The van der Waals surface area contributed by atoms with E-state index in [1.54, 1.807) is 29.3 Å². The number of sulfonamides is 1. The summed E-state index contributed by atoms with van der Waals surface area (Å²) in [6, 6.07) is 19.2. The third-order valence-corrected chi connectivity index (χ3v) is 7.98. The summed E-state index contributed by atoms with van der Waals surface area (Å²) >= 11 is 5.88. The lowest BCUT2D eigenvalue weighted by molar-refractivity contribution is -0.760. The van der Waals surface area contributed by atoms with E-state index < -0.39 is 10.0 Å². The number of rotatable bonds is 5. The molecule has 2 heterocycles. The molecule has 174 valence electrons. The Bertz CT molecular complexity index is 1480. The first-order chi connectivity index (χ1) is 16.3. The first-order valence-corrected chi connectivity index (χ1v) is 12.4. The van der Waals surface area contributed by atoms with Crippen molar-refractivity contribution in [2.75, 3.05) is 36.9 Å². The smallest absolute Gasteiger partial charge is 0.361 e. The minimum absolute atomic E-state index is 0.101. The monoisotopic (exact) mass is 498 g/mol. The maximum Gasteiger partial charge on any atom is 0.378 e. The fourth-order valence-corrected chi connectivity index (χ4v) is 5.54. The van der Waals surface area contributed by atoms with Crippen molar-refractivity contribution in [1.82, 2.24) is 9.58 Å². The molecule has 2 N–H and O–H groups in total. The average Bonchev–Trinajstić information content (AvgIpc) is 3.25. The van der Waals surface area contributed by atoms with Crippen LogP contribution in [0.15, 0.2) is 76.1 Å². The molecule has 1 aliphatic rings. The van der Waals surface area contributed by atoms with Gasteiger partial charge in [-0.3, -0.25) is 9.32 Å². The molecule has 0 saturated carbocycles. The lowest BCUT2D eigenvalue weighted by Crippen LogP contribution is -2.67. The Morgan fingerprint density at radius 3 is 2.35 bits per heavy atom. The molecule has 1 aliphatic heterocycles. The lowest BCUT2D eigenvalue weighted by atomic mass is 10.0.